The number of likely N-dealkylation sites (N-methyl/N-ethyl adjacent to an activating group) is 1. The monoisotopic (exact) mass is 269 g/mol. The van der Waals surface area contributed by atoms with E-state index in [1.54, 1.807) is 0 Å². The van der Waals surface area contributed by atoms with Gasteiger partial charge in [0.1, 0.15) is 0 Å². The molecule has 2 aromatic carbocycles. The van der Waals surface area contributed by atoms with E-state index in [1.165, 1.54) is 22.4 Å². The summed E-state index contributed by atoms with van der Waals surface area (Å²) in [6.07, 6.45) is 2.31. The molecule has 0 saturated heterocycles. The minimum absolute atomic E-state index is 0.262. The number of benzene rings is 2. The lowest BCUT2D eigenvalue weighted by Crippen LogP contribution is -2.32. The molecule has 2 aliphatic rings. The predicted molar refractivity (Wildman–Crippen MR) is 80.3 cm³/mol. The van der Waals surface area contributed by atoms with Crippen molar-refractivity contribution < 1.29 is 0 Å². The molecule has 0 radical (unpaired) electrons. The average molecular weight is 270 g/mol. The summed E-state index contributed by atoms with van der Waals surface area (Å²) < 4.78 is 0. The third-order valence-corrected chi connectivity index (χ3v) is 4.89. The summed E-state index contributed by atoms with van der Waals surface area (Å²) in [7, 11) is 2.17. The number of anilines is 1. The zero-order valence-electron chi connectivity index (χ0n) is 11.0. The molecule has 1 heterocycles. The Morgan fingerprint density at radius 2 is 1.74 bits per heavy atom. The smallest absolute Gasteiger partial charge is 0.0426 e. The van der Waals surface area contributed by atoms with Gasteiger partial charge in [-0.25, -0.2) is 0 Å². The van der Waals surface area contributed by atoms with Crippen LogP contribution in [0.3, 0.4) is 0 Å². The Kier molecular flexibility index (Phi) is 2.25. The molecular formula is C17H16ClN. The fraction of sp³-hybridized carbons (Fsp3) is 0.294. The average Bonchev–Trinajstić information content (AvgIpc) is 2.88. The van der Waals surface area contributed by atoms with Crippen molar-refractivity contribution in [3.05, 3.63) is 64.2 Å². The van der Waals surface area contributed by atoms with E-state index in [-0.39, 0.29) is 5.41 Å². The minimum Gasteiger partial charge on any atom is -0.373 e. The van der Waals surface area contributed by atoms with E-state index >= 15 is 0 Å². The van der Waals surface area contributed by atoms with Gasteiger partial charge in [0, 0.05) is 29.7 Å². The van der Waals surface area contributed by atoms with Crippen LogP contribution in [-0.2, 0) is 18.3 Å². The molecule has 96 valence electrons. The van der Waals surface area contributed by atoms with E-state index in [0.717, 1.165) is 24.4 Å². The van der Waals surface area contributed by atoms with Crippen LogP contribution in [0.25, 0.3) is 0 Å². The SMILES string of the molecule is CN1CC2(Cc3ccccc3C2)c2ccc(Cl)cc21. The van der Waals surface area contributed by atoms with Crippen LogP contribution in [0.5, 0.6) is 0 Å². The van der Waals surface area contributed by atoms with Crippen LogP contribution in [-0.4, -0.2) is 13.6 Å². The highest BCUT2D eigenvalue weighted by Gasteiger charge is 2.45. The van der Waals surface area contributed by atoms with Crippen LogP contribution in [0.4, 0.5) is 5.69 Å². The molecular weight excluding hydrogens is 254 g/mol. The molecule has 0 bridgehead atoms. The van der Waals surface area contributed by atoms with Crippen LogP contribution in [0.1, 0.15) is 16.7 Å². The Labute approximate surface area is 118 Å². The van der Waals surface area contributed by atoms with Crippen LogP contribution >= 0.6 is 11.6 Å². The fourth-order valence-electron chi connectivity index (χ4n) is 3.89. The molecule has 0 amide bonds. The van der Waals surface area contributed by atoms with Gasteiger partial charge in [0.25, 0.3) is 0 Å². The summed E-state index contributed by atoms with van der Waals surface area (Å²) in [4.78, 5) is 2.35. The zero-order chi connectivity index (χ0) is 13.0. The summed E-state index contributed by atoms with van der Waals surface area (Å²) in [6, 6.07) is 15.2. The number of nitrogens with zero attached hydrogens (tertiary/aromatic N) is 1. The van der Waals surface area contributed by atoms with Crippen LogP contribution in [0.2, 0.25) is 5.02 Å². The van der Waals surface area contributed by atoms with Crippen molar-refractivity contribution in [3.63, 3.8) is 0 Å². The molecule has 1 aliphatic carbocycles. The molecule has 0 saturated carbocycles. The topological polar surface area (TPSA) is 3.24 Å². The van der Waals surface area contributed by atoms with Crippen molar-refractivity contribution in [2.75, 3.05) is 18.5 Å². The highest BCUT2D eigenvalue weighted by molar-refractivity contribution is 6.30. The molecule has 0 N–H and O–H groups in total. The highest BCUT2D eigenvalue weighted by atomic mass is 35.5. The van der Waals surface area contributed by atoms with Gasteiger partial charge < -0.3 is 4.90 Å². The minimum atomic E-state index is 0.262. The van der Waals surface area contributed by atoms with E-state index in [1.807, 2.05) is 6.07 Å². The van der Waals surface area contributed by atoms with Crippen LogP contribution in [0, 0.1) is 0 Å². The van der Waals surface area contributed by atoms with Crippen molar-refractivity contribution >= 4 is 17.3 Å². The number of halogens is 1. The number of hydrogen-bond acceptors (Lipinski definition) is 1. The Morgan fingerprint density at radius 1 is 1.05 bits per heavy atom. The van der Waals surface area contributed by atoms with Crippen molar-refractivity contribution in [1.29, 1.82) is 0 Å². The van der Waals surface area contributed by atoms with Crippen LogP contribution < -0.4 is 4.90 Å². The lowest BCUT2D eigenvalue weighted by atomic mass is 9.79. The zero-order valence-corrected chi connectivity index (χ0v) is 11.7. The second-order valence-electron chi connectivity index (χ2n) is 5.92. The lowest BCUT2D eigenvalue weighted by molar-refractivity contribution is 0.484. The van der Waals surface area contributed by atoms with Crippen molar-refractivity contribution in [2.24, 2.45) is 0 Å². The van der Waals surface area contributed by atoms with Gasteiger partial charge in [-0.1, -0.05) is 41.9 Å². The molecule has 1 spiro atoms. The summed E-state index contributed by atoms with van der Waals surface area (Å²) in [5, 5.41) is 0.832. The second kappa shape index (κ2) is 3.77. The number of hydrogen-bond donors (Lipinski definition) is 0. The summed E-state index contributed by atoms with van der Waals surface area (Å²) in [5.74, 6) is 0. The Hall–Kier alpha value is -1.47. The fourth-order valence-corrected chi connectivity index (χ4v) is 4.06. The molecule has 0 fully saturated rings. The molecule has 2 heteroatoms. The van der Waals surface area contributed by atoms with Gasteiger partial charge >= 0.3 is 0 Å². The molecule has 0 unspecified atom stereocenters. The third kappa shape index (κ3) is 1.54. The van der Waals surface area contributed by atoms with E-state index in [4.69, 9.17) is 11.6 Å². The predicted octanol–water partition coefficient (Wildman–Crippen LogP) is 3.83. The number of rotatable bonds is 0. The van der Waals surface area contributed by atoms with E-state index in [0.29, 0.717) is 0 Å². The second-order valence-corrected chi connectivity index (χ2v) is 6.36. The van der Waals surface area contributed by atoms with E-state index in [9.17, 15) is 0 Å². The van der Waals surface area contributed by atoms with Gasteiger partial charge in [-0.15, -0.1) is 0 Å². The van der Waals surface area contributed by atoms with Gasteiger partial charge in [0.05, 0.1) is 0 Å². The third-order valence-electron chi connectivity index (χ3n) is 4.66. The largest absolute Gasteiger partial charge is 0.373 e. The first-order valence-corrected chi connectivity index (χ1v) is 7.14. The summed E-state index contributed by atoms with van der Waals surface area (Å²) in [5.41, 5.74) is 6.06. The first-order valence-electron chi connectivity index (χ1n) is 6.76. The standard InChI is InChI=1S/C17H16ClN/c1-19-11-17(15-7-6-14(18)8-16(15)19)9-12-4-2-3-5-13(12)10-17/h2-8H,9-11H2,1H3. The molecule has 19 heavy (non-hydrogen) atoms. The van der Waals surface area contributed by atoms with E-state index in [2.05, 4.69) is 48.3 Å². The van der Waals surface area contributed by atoms with Gasteiger partial charge in [0.2, 0.25) is 0 Å². The molecule has 2 aromatic rings. The maximum absolute atomic E-state index is 6.15. The molecule has 0 aromatic heterocycles. The van der Waals surface area contributed by atoms with Crippen molar-refractivity contribution in [3.8, 4) is 0 Å². The van der Waals surface area contributed by atoms with E-state index < -0.39 is 0 Å². The number of fused-ring (bicyclic) bond motifs is 3. The first kappa shape index (κ1) is 11.4. The Bertz CT molecular complexity index is 637. The quantitative estimate of drug-likeness (QED) is 0.703. The molecule has 4 rings (SSSR count). The Morgan fingerprint density at radius 3 is 2.42 bits per heavy atom. The molecule has 1 aliphatic heterocycles. The normalized spacial score (nSPS) is 18.7. The summed E-state index contributed by atoms with van der Waals surface area (Å²) in [6.45, 7) is 1.09. The van der Waals surface area contributed by atoms with Crippen LogP contribution in [0.15, 0.2) is 42.5 Å². The van der Waals surface area contributed by atoms with Gasteiger partial charge in [-0.05, 0) is 41.7 Å². The molecule has 0 atom stereocenters. The maximum Gasteiger partial charge on any atom is 0.0426 e. The Balaban J connectivity index is 1.85. The summed E-state index contributed by atoms with van der Waals surface area (Å²) >= 11 is 6.15. The molecule has 1 nitrogen and oxygen atoms in total. The highest BCUT2D eigenvalue weighted by Crippen LogP contribution is 2.48. The first-order chi connectivity index (χ1) is 9.18. The van der Waals surface area contributed by atoms with Crippen molar-refractivity contribution in [1.82, 2.24) is 0 Å². The van der Waals surface area contributed by atoms with Gasteiger partial charge in [-0.2, -0.15) is 0 Å². The van der Waals surface area contributed by atoms with Crippen molar-refractivity contribution in [2.45, 2.75) is 18.3 Å². The van der Waals surface area contributed by atoms with Gasteiger partial charge in [0.15, 0.2) is 0 Å². The lowest BCUT2D eigenvalue weighted by Gasteiger charge is -2.24. The maximum atomic E-state index is 6.15. The van der Waals surface area contributed by atoms with Gasteiger partial charge in [-0.3, -0.25) is 0 Å².